The van der Waals surface area contributed by atoms with E-state index in [1.54, 1.807) is 12.1 Å². The summed E-state index contributed by atoms with van der Waals surface area (Å²) in [6.45, 7) is 0. The number of hydrogen-bond donors (Lipinski definition) is 1. The molecule has 84 valence electrons. The van der Waals surface area contributed by atoms with Gasteiger partial charge in [0.15, 0.2) is 0 Å². The van der Waals surface area contributed by atoms with Gasteiger partial charge in [0.2, 0.25) is 0 Å². The van der Waals surface area contributed by atoms with Crippen LogP contribution in [0, 0.1) is 23.0 Å². The van der Waals surface area contributed by atoms with Gasteiger partial charge >= 0.3 is 0 Å². The molecule has 17 heavy (non-hydrogen) atoms. The van der Waals surface area contributed by atoms with Crippen molar-refractivity contribution in [3.05, 3.63) is 59.7 Å². The lowest BCUT2D eigenvalue weighted by Gasteiger charge is -2.08. The molecule has 0 aliphatic carbocycles. The van der Waals surface area contributed by atoms with Crippen LogP contribution in [-0.4, -0.2) is 0 Å². The number of benzene rings is 2. The minimum absolute atomic E-state index is 0.175. The summed E-state index contributed by atoms with van der Waals surface area (Å²) < 4.78 is 25.8. The normalized spacial score (nSPS) is 9.71. The molecule has 2 nitrogen and oxygen atoms in total. The molecule has 0 saturated heterocycles. The molecule has 0 aromatic heterocycles. The van der Waals surface area contributed by atoms with Gasteiger partial charge in [-0.3, -0.25) is 0 Å². The first-order valence-electron chi connectivity index (χ1n) is 4.91. The van der Waals surface area contributed by atoms with E-state index in [-0.39, 0.29) is 11.4 Å². The van der Waals surface area contributed by atoms with Crippen molar-refractivity contribution >= 4 is 11.4 Å². The van der Waals surface area contributed by atoms with Crippen LogP contribution < -0.4 is 5.32 Å². The summed E-state index contributed by atoms with van der Waals surface area (Å²) in [4.78, 5) is 0. The summed E-state index contributed by atoms with van der Waals surface area (Å²) in [5, 5.41) is 11.7. The van der Waals surface area contributed by atoms with Crippen LogP contribution in [0.2, 0.25) is 0 Å². The van der Waals surface area contributed by atoms with Gasteiger partial charge in [-0.05, 0) is 36.4 Å². The van der Waals surface area contributed by atoms with Crippen molar-refractivity contribution in [2.45, 2.75) is 0 Å². The van der Waals surface area contributed by atoms with E-state index in [0.717, 1.165) is 6.07 Å². The lowest BCUT2D eigenvalue weighted by Crippen LogP contribution is -1.94. The maximum atomic E-state index is 13.0. The third-order valence-corrected chi connectivity index (χ3v) is 2.21. The Bertz CT molecular complexity index is 588. The molecule has 0 aliphatic heterocycles. The molecule has 0 aliphatic rings. The Kier molecular flexibility index (Phi) is 3.01. The fraction of sp³-hybridized carbons (Fsp3) is 0. The zero-order valence-corrected chi connectivity index (χ0v) is 8.74. The summed E-state index contributed by atoms with van der Waals surface area (Å²) in [5.74, 6) is -0.859. The molecule has 2 aromatic rings. The molecule has 0 atom stereocenters. The molecule has 1 N–H and O–H groups in total. The molecule has 2 aromatic carbocycles. The minimum Gasteiger partial charge on any atom is -0.354 e. The Labute approximate surface area is 97.1 Å². The van der Waals surface area contributed by atoms with Crippen LogP contribution in [0.15, 0.2) is 42.5 Å². The van der Waals surface area contributed by atoms with Gasteiger partial charge < -0.3 is 5.32 Å². The van der Waals surface area contributed by atoms with Crippen molar-refractivity contribution < 1.29 is 8.78 Å². The van der Waals surface area contributed by atoms with Crippen LogP contribution >= 0.6 is 0 Å². The first-order valence-corrected chi connectivity index (χ1v) is 4.91. The molecular formula is C13H8F2N2. The van der Waals surface area contributed by atoms with Crippen molar-refractivity contribution in [2.75, 3.05) is 5.32 Å². The van der Waals surface area contributed by atoms with Gasteiger partial charge in [0.1, 0.15) is 17.7 Å². The Hall–Kier alpha value is -2.41. The third kappa shape index (κ3) is 2.58. The molecule has 0 amide bonds. The summed E-state index contributed by atoms with van der Waals surface area (Å²) in [6, 6.07) is 11.5. The van der Waals surface area contributed by atoms with Gasteiger partial charge in [0.05, 0.1) is 11.3 Å². The predicted molar refractivity (Wildman–Crippen MR) is 60.8 cm³/mol. The quantitative estimate of drug-likeness (QED) is 0.855. The van der Waals surface area contributed by atoms with Gasteiger partial charge in [0, 0.05) is 5.69 Å². The summed E-state index contributed by atoms with van der Waals surface area (Å²) >= 11 is 0. The molecule has 0 unspecified atom stereocenters. The number of nitrogens with zero attached hydrogens (tertiary/aromatic N) is 1. The number of hydrogen-bond acceptors (Lipinski definition) is 2. The first-order chi connectivity index (χ1) is 8.19. The second-order valence-corrected chi connectivity index (χ2v) is 3.44. The van der Waals surface area contributed by atoms with E-state index in [1.165, 1.54) is 24.3 Å². The highest BCUT2D eigenvalue weighted by atomic mass is 19.1. The van der Waals surface area contributed by atoms with Gasteiger partial charge in [-0.2, -0.15) is 5.26 Å². The van der Waals surface area contributed by atoms with E-state index < -0.39 is 5.82 Å². The van der Waals surface area contributed by atoms with Gasteiger partial charge in [-0.15, -0.1) is 0 Å². The Morgan fingerprint density at radius 3 is 2.47 bits per heavy atom. The van der Waals surface area contributed by atoms with E-state index in [2.05, 4.69) is 5.32 Å². The predicted octanol–water partition coefficient (Wildman–Crippen LogP) is 3.58. The van der Waals surface area contributed by atoms with Gasteiger partial charge in [0.25, 0.3) is 0 Å². The van der Waals surface area contributed by atoms with Crippen LogP contribution in [0.3, 0.4) is 0 Å². The molecule has 0 bridgehead atoms. The van der Waals surface area contributed by atoms with E-state index >= 15 is 0 Å². The molecule has 2 rings (SSSR count). The van der Waals surface area contributed by atoms with E-state index in [9.17, 15) is 8.78 Å². The van der Waals surface area contributed by atoms with Crippen molar-refractivity contribution in [1.82, 2.24) is 0 Å². The fourth-order valence-electron chi connectivity index (χ4n) is 1.44. The Morgan fingerprint density at radius 1 is 1.00 bits per heavy atom. The average molecular weight is 230 g/mol. The summed E-state index contributed by atoms with van der Waals surface area (Å²) in [7, 11) is 0. The maximum Gasteiger partial charge on any atom is 0.125 e. The van der Waals surface area contributed by atoms with Gasteiger partial charge in [-0.25, -0.2) is 8.78 Å². The molecule has 0 heterocycles. The van der Waals surface area contributed by atoms with E-state index in [1.807, 2.05) is 6.07 Å². The van der Waals surface area contributed by atoms with Gasteiger partial charge in [-0.1, -0.05) is 6.07 Å². The average Bonchev–Trinajstić information content (AvgIpc) is 2.31. The standard InChI is InChI=1S/C13H8F2N2/c14-10-2-1-3-12(7-10)17-13-5-4-11(15)6-9(13)8-16/h1-7,17H. The summed E-state index contributed by atoms with van der Waals surface area (Å²) in [6.07, 6.45) is 0. The first kappa shape index (κ1) is 11.1. The fourth-order valence-corrected chi connectivity index (χ4v) is 1.44. The molecule has 0 spiro atoms. The second kappa shape index (κ2) is 4.62. The van der Waals surface area contributed by atoms with E-state index in [0.29, 0.717) is 11.4 Å². The highest BCUT2D eigenvalue weighted by Crippen LogP contribution is 2.21. The number of nitriles is 1. The van der Waals surface area contributed by atoms with Crippen LogP contribution in [0.4, 0.5) is 20.2 Å². The van der Waals surface area contributed by atoms with Crippen molar-refractivity contribution in [3.63, 3.8) is 0 Å². The number of anilines is 2. The molecule has 0 saturated carbocycles. The second-order valence-electron chi connectivity index (χ2n) is 3.44. The van der Waals surface area contributed by atoms with Crippen LogP contribution in [0.1, 0.15) is 5.56 Å². The maximum absolute atomic E-state index is 13.0. The monoisotopic (exact) mass is 230 g/mol. The van der Waals surface area contributed by atoms with E-state index in [4.69, 9.17) is 5.26 Å². The molecular weight excluding hydrogens is 222 g/mol. The zero-order valence-electron chi connectivity index (χ0n) is 8.74. The number of rotatable bonds is 2. The number of nitrogens with one attached hydrogen (secondary N) is 1. The topological polar surface area (TPSA) is 35.8 Å². The van der Waals surface area contributed by atoms with Crippen molar-refractivity contribution in [3.8, 4) is 6.07 Å². The van der Waals surface area contributed by atoms with Crippen LogP contribution in [0.5, 0.6) is 0 Å². The third-order valence-electron chi connectivity index (χ3n) is 2.21. The highest BCUT2D eigenvalue weighted by molar-refractivity contribution is 5.66. The largest absolute Gasteiger partial charge is 0.354 e. The summed E-state index contributed by atoms with van der Waals surface area (Å²) in [5.41, 5.74) is 1.13. The van der Waals surface area contributed by atoms with Crippen molar-refractivity contribution in [2.24, 2.45) is 0 Å². The Balaban J connectivity index is 2.34. The van der Waals surface area contributed by atoms with Crippen LogP contribution in [0.25, 0.3) is 0 Å². The molecule has 0 fully saturated rings. The lowest BCUT2D eigenvalue weighted by atomic mass is 10.2. The molecule has 0 radical (unpaired) electrons. The van der Waals surface area contributed by atoms with Crippen molar-refractivity contribution in [1.29, 1.82) is 5.26 Å². The minimum atomic E-state index is -0.480. The molecule has 4 heteroatoms. The SMILES string of the molecule is N#Cc1cc(F)ccc1Nc1cccc(F)c1. The smallest absolute Gasteiger partial charge is 0.125 e. The zero-order chi connectivity index (χ0) is 12.3. The Morgan fingerprint density at radius 2 is 1.76 bits per heavy atom. The van der Waals surface area contributed by atoms with Crippen LogP contribution in [-0.2, 0) is 0 Å². The lowest BCUT2D eigenvalue weighted by molar-refractivity contribution is 0.627. The number of halogens is 2. The highest BCUT2D eigenvalue weighted by Gasteiger charge is 2.04.